The molecule has 0 saturated heterocycles. The predicted molar refractivity (Wildman–Crippen MR) is 144 cm³/mol. The van der Waals surface area contributed by atoms with Crippen molar-refractivity contribution < 1.29 is 44.1 Å². The van der Waals surface area contributed by atoms with Gasteiger partial charge in [0.05, 0.1) is 12.5 Å². The second-order valence-corrected chi connectivity index (χ2v) is 9.29. The third-order valence-electron chi connectivity index (χ3n) is 5.95. The van der Waals surface area contributed by atoms with Gasteiger partial charge in [-0.05, 0) is 36.1 Å². The molecular formula is C27H33N5O9. The van der Waals surface area contributed by atoms with E-state index in [2.05, 4.69) is 16.0 Å². The lowest BCUT2D eigenvalue weighted by atomic mass is 10.0. The van der Waals surface area contributed by atoms with Gasteiger partial charge >= 0.3 is 11.9 Å². The quantitative estimate of drug-likeness (QED) is 0.119. The third kappa shape index (κ3) is 11.3. The van der Waals surface area contributed by atoms with Crippen LogP contribution in [0, 0.1) is 0 Å². The molecule has 0 bridgehead atoms. The fourth-order valence-corrected chi connectivity index (χ4v) is 3.79. The monoisotopic (exact) mass is 571 g/mol. The molecule has 4 amide bonds. The zero-order valence-electron chi connectivity index (χ0n) is 22.0. The van der Waals surface area contributed by atoms with E-state index in [0.717, 1.165) is 0 Å². The van der Waals surface area contributed by atoms with Crippen LogP contribution in [0.4, 0.5) is 0 Å². The number of hydrogen-bond donors (Lipinski definition) is 8. The summed E-state index contributed by atoms with van der Waals surface area (Å²) in [5.74, 6) is -6.46. The van der Waals surface area contributed by atoms with Gasteiger partial charge in [0.15, 0.2) is 0 Å². The van der Waals surface area contributed by atoms with Gasteiger partial charge in [0.2, 0.25) is 23.6 Å². The molecule has 0 radical (unpaired) electrons. The van der Waals surface area contributed by atoms with Gasteiger partial charge in [0, 0.05) is 12.8 Å². The van der Waals surface area contributed by atoms with Gasteiger partial charge in [-0.2, -0.15) is 0 Å². The fourth-order valence-electron chi connectivity index (χ4n) is 3.79. The highest BCUT2D eigenvalue weighted by Crippen LogP contribution is 2.11. The standard InChI is InChI=1S/C27H33N5O9/c28-18(12-16-6-8-17(33)9-7-16)24(37)31-20(14-23(35)36)26(39)30-19(10-11-22(29)34)25(38)32-21(27(40)41)13-15-4-2-1-3-5-15/h1-9,18-21,33H,10-14,28H2,(H2,29,34)(H,30,39)(H,31,37)(H,32,38)(H,35,36)(H,40,41). The highest BCUT2D eigenvalue weighted by Gasteiger charge is 2.31. The van der Waals surface area contributed by atoms with Crippen molar-refractivity contribution in [3.05, 3.63) is 65.7 Å². The summed E-state index contributed by atoms with van der Waals surface area (Å²) >= 11 is 0. The van der Waals surface area contributed by atoms with Crippen LogP contribution in [0.15, 0.2) is 54.6 Å². The maximum Gasteiger partial charge on any atom is 0.326 e. The molecule has 0 heterocycles. The summed E-state index contributed by atoms with van der Waals surface area (Å²) in [6.07, 6.45) is -1.61. The lowest BCUT2D eigenvalue weighted by Gasteiger charge is -2.24. The van der Waals surface area contributed by atoms with Crippen LogP contribution in [0.3, 0.4) is 0 Å². The average Bonchev–Trinajstić information content (AvgIpc) is 2.91. The zero-order chi connectivity index (χ0) is 30.5. The Morgan fingerprint density at radius 2 is 1.24 bits per heavy atom. The number of nitrogens with one attached hydrogen (secondary N) is 3. The Kier molecular flexibility index (Phi) is 12.2. The number of amides is 4. The number of rotatable bonds is 16. The van der Waals surface area contributed by atoms with Crippen LogP contribution in [-0.4, -0.2) is 75.1 Å². The summed E-state index contributed by atoms with van der Waals surface area (Å²) in [6.45, 7) is 0. The second-order valence-electron chi connectivity index (χ2n) is 9.29. The Bertz CT molecular complexity index is 1240. The number of aromatic hydroxyl groups is 1. The first kappa shape index (κ1) is 32.2. The fraction of sp³-hybridized carbons (Fsp3) is 0.333. The van der Waals surface area contributed by atoms with E-state index >= 15 is 0 Å². The predicted octanol–water partition coefficient (Wildman–Crippen LogP) is -1.22. The summed E-state index contributed by atoms with van der Waals surface area (Å²) in [5.41, 5.74) is 12.3. The molecule has 0 fully saturated rings. The number of carboxylic acid groups (broad SMARTS) is 2. The second kappa shape index (κ2) is 15.6. The van der Waals surface area contributed by atoms with E-state index in [-0.39, 0.29) is 31.4 Å². The molecular weight excluding hydrogens is 538 g/mol. The summed E-state index contributed by atoms with van der Waals surface area (Å²) in [5, 5.41) is 35.2. The van der Waals surface area contributed by atoms with E-state index < -0.39 is 66.2 Å². The van der Waals surface area contributed by atoms with Crippen molar-refractivity contribution in [2.75, 3.05) is 0 Å². The number of phenols is 1. The van der Waals surface area contributed by atoms with Crippen molar-refractivity contribution in [1.29, 1.82) is 0 Å². The highest BCUT2D eigenvalue weighted by molar-refractivity contribution is 5.96. The van der Waals surface area contributed by atoms with Crippen LogP contribution in [0.2, 0.25) is 0 Å². The normalized spacial score (nSPS) is 13.6. The zero-order valence-corrected chi connectivity index (χ0v) is 22.0. The number of nitrogens with two attached hydrogens (primary N) is 2. The molecule has 0 aliphatic carbocycles. The molecule has 2 rings (SSSR count). The molecule has 4 atom stereocenters. The Morgan fingerprint density at radius 1 is 0.707 bits per heavy atom. The summed E-state index contributed by atoms with van der Waals surface area (Å²) in [4.78, 5) is 73.3. The molecule has 0 aliphatic heterocycles. The smallest absolute Gasteiger partial charge is 0.326 e. The topological polar surface area (TPSA) is 251 Å². The molecule has 4 unspecified atom stereocenters. The SMILES string of the molecule is NC(=O)CCC(NC(=O)C(CC(=O)O)NC(=O)C(N)Cc1ccc(O)cc1)C(=O)NC(Cc1ccccc1)C(=O)O. The maximum atomic E-state index is 13.0. The van der Waals surface area contributed by atoms with Gasteiger partial charge < -0.3 is 42.7 Å². The maximum absolute atomic E-state index is 13.0. The molecule has 0 saturated carbocycles. The van der Waals surface area contributed by atoms with Crippen LogP contribution in [-0.2, 0) is 41.6 Å². The Labute approximate surface area is 235 Å². The van der Waals surface area contributed by atoms with Crippen LogP contribution < -0.4 is 27.4 Å². The third-order valence-corrected chi connectivity index (χ3v) is 5.95. The molecule has 0 spiro atoms. The molecule has 220 valence electrons. The molecule has 2 aromatic carbocycles. The number of hydrogen-bond acceptors (Lipinski definition) is 8. The molecule has 14 nitrogen and oxygen atoms in total. The van der Waals surface area contributed by atoms with E-state index in [4.69, 9.17) is 11.5 Å². The number of primary amides is 1. The van der Waals surface area contributed by atoms with Gasteiger partial charge in [-0.25, -0.2) is 4.79 Å². The van der Waals surface area contributed by atoms with E-state index in [0.29, 0.717) is 11.1 Å². The minimum Gasteiger partial charge on any atom is -0.508 e. The lowest BCUT2D eigenvalue weighted by molar-refractivity contribution is -0.143. The molecule has 0 aromatic heterocycles. The largest absolute Gasteiger partial charge is 0.508 e. The number of aliphatic carboxylic acids is 2. The number of carbonyl (C=O) groups excluding carboxylic acids is 4. The van der Waals surface area contributed by atoms with Crippen LogP contribution in [0.1, 0.15) is 30.4 Å². The first-order valence-corrected chi connectivity index (χ1v) is 12.6. The van der Waals surface area contributed by atoms with Crippen molar-refractivity contribution in [2.24, 2.45) is 11.5 Å². The summed E-state index contributed by atoms with van der Waals surface area (Å²) in [7, 11) is 0. The van der Waals surface area contributed by atoms with Crippen molar-refractivity contribution in [3.8, 4) is 5.75 Å². The van der Waals surface area contributed by atoms with E-state index in [1.165, 1.54) is 24.3 Å². The molecule has 41 heavy (non-hydrogen) atoms. The molecule has 14 heteroatoms. The first-order valence-electron chi connectivity index (χ1n) is 12.6. The van der Waals surface area contributed by atoms with Gasteiger partial charge in [-0.3, -0.25) is 24.0 Å². The summed E-state index contributed by atoms with van der Waals surface area (Å²) < 4.78 is 0. The minimum atomic E-state index is -1.66. The Hall–Kier alpha value is -4.98. The van der Waals surface area contributed by atoms with Gasteiger partial charge in [-0.15, -0.1) is 0 Å². The van der Waals surface area contributed by atoms with E-state index in [1.807, 2.05) is 0 Å². The van der Waals surface area contributed by atoms with E-state index in [1.54, 1.807) is 30.3 Å². The number of benzene rings is 2. The lowest BCUT2D eigenvalue weighted by Crippen LogP contribution is -2.58. The number of phenolic OH excluding ortho intramolecular Hbond substituents is 1. The van der Waals surface area contributed by atoms with Crippen LogP contribution >= 0.6 is 0 Å². The molecule has 0 aliphatic rings. The highest BCUT2D eigenvalue weighted by atomic mass is 16.4. The van der Waals surface area contributed by atoms with Crippen LogP contribution in [0.25, 0.3) is 0 Å². The van der Waals surface area contributed by atoms with Crippen molar-refractivity contribution in [2.45, 2.75) is 56.3 Å². The average molecular weight is 572 g/mol. The van der Waals surface area contributed by atoms with Gasteiger partial charge in [-0.1, -0.05) is 42.5 Å². The Balaban J connectivity index is 2.15. The Morgan fingerprint density at radius 3 is 1.80 bits per heavy atom. The van der Waals surface area contributed by atoms with E-state index in [9.17, 15) is 44.1 Å². The number of carbonyl (C=O) groups is 6. The summed E-state index contributed by atoms with van der Waals surface area (Å²) in [6, 6.07) is 8.61. The van der Waals surface area contributed by atoms with Crippen LogP contribution in [0.5, 0.6) is 5.75 Å². The number of carboxylic acids is 2. The van der Waals surface area contributed by atoms with Crippen molar-refractivity contribution >= 4 is 35.6 Å². The minimum absolute atomic E-state index is 0.00892. The van der Waals surface area contributed by atoms with Crippen molar-refractivity contribution in [3.63, 3.8) is 0 Å². The van der Waals surface area contributed by atoms with Gasteiger partial charge in [0.1, 0.15) is 23.9 Å². The van der Waals surface area contributed by atoms with Gasteiger partial charge in [0.25, 0.3) is 0 Å². The molecule has 2 aromatic rings. The first-order chi connectivity index (χ1) is 19.3. The molecule has 10 N–H and O–H groups in total. The van der Waals surface area contributed by atoms with Crippen molar-refractivity contribution in [1.82, 2.24) is 16.0 Å².